The third-order valence-electron chi connectivity index (χ3n) is 2.71. The van der Waals surface area contributed by atoms with Crippen molar-refractivity contribution in [2.75, 3.05) is 0 Å². The van der Waals surface area contributed by atoms with Gasteiger partial charge >= 0.3 is 5.97 Å². The number of carbonyl (C=O) groups is 1. The van der Waals surface area contributed by atoms with Crippen molar-refractivity contribution in [1.29, 1.82) is 0 Å². The lowest BCUT2D eigenvalue weighted by Gasteiger charge is -2.06. The summed E-state index contributed by atoms with van der Waals surface area (Å²) in [4.78, 5) is 11.3. The van der Waals surface area contributed by atoms with Gasteiger partial charge in [-0.3, -0.25) is 0 Å². The Bertz CT molecular complexity index is 765. The molecule has 0 atom stereocenters. The molecular weight excluding hydrogens is 326 g/mol. The molecule has 1 aromatic carbocycles. The summed E-state index contributed by atoms with van der Waals surface area (Å²) in [6.45, 7) is 0. The van der Waals surface area contributed by atoms with Crippen molar-refractivity contribution >= 4 is 21.9 Å². The maximum atomic E-state index is 11.3. The molecule has 0 unspecified atom stereocenters. The number of hydrogen-bond donors (Lipinski definition) is 1. The summed E-state index contributed by atoms with van der Waals surface area (Å²) in [5.74, 6) is -0.766. The van der Waals surface area contributed by atoms with E-state index in [1.54, 1.807) is 18.2 Å². The number of hydrogen-bond acceptors (Lipinski definition) is 4. The summed E-state index contributed by atoms with van der Waals surface area (Å²) in [6, 6.07) is 10.7. The number of carboxylic acid groups (broad SMARTS) is 1. The van der Waals surface area contributed by atoms with Crippen molar-refractivity contribution in [2.24, 2.45) is 0 Å². The second-order valence-corrected chi connectivity index (χ2v) is 4.79. The van der Waals surface area contributed by atoms with Crippen LogP contribution in [0.1, 0.15) is 10.5 Å². The maximum Gasteiger partial charge on any atom is 0.358 e. The number of halogens is 1. The van der Waals surface area contributed by atoms with Crippen LogP contribution in [0.3, 0.4) is 0 Å². The van der Waals surface area contributed by atoms with Gasteiger partial charge in [0.05, 0.1) is 12.0 Å². The summed E-state index contributed by atoms with van der Waals surface area (Å²) in [7, 11) is 0. The molecule has 0 fully saturated rings. The van der Waals surface area contributed by atoms with Crippen LogP contribution < -0.4 is 0 Å². The van der Waals surface area contributed by atoms with E-state index in [9.17, 15) is 9.90 Å². The third kappa shape index (κ3) is 2.01. The molecule has 0 bridgehead atoms. The van der Waals surface area contributed by atoms with E-state index in [0.717, 1.165) is 4.47 Å². The first-order valence-corrected chi connectivity index (χ1v) is 6.45. The number of nitrogens with zero attached hydrogens (tertiary/aromatic N) is 3. The molecule has 0 aliphatic carbocycles. The van der Waals surface area contributed by atoms with Crippen molar-refractivity contribution in [3.8, 4) is 17.1 Å². The predicted octanol–water partition coefficient (Wildman–Crippen LogP) is 2.99. The van der Waals surface area contributed by atoms with Crippen molar-refractivity contribution in [1.82, 2.24) is 15.0 Å². The fourth-order valence-electron chi connectivity index (χ4n) is 1.85. The predicted molar refractivity (Wildman–Crippen MR) is 73.7 cm³/mol. The number of benzene rings is 1. The lowest BCUT2D eigenvalue weighted by atomic mass is 10.2. The molecule has 0 radical (unpaired) electrons. The zero-order valence-electron chi connectivity index (χ0n) is 10.0. The molecule has 0 spiro atoms. The van der Waals surface area contributed by atoms with Gasteiger partial charge in [0, 0.05) is 4.47 Å². The standard InChI is InChI=1S/C13H8BrN3O3/c14-8-4-1-2-5-9(8)17-12(10-6-3-7-20-10)11(13(18)19)15-16-17/h1-7H,(H,18,19). The second kappa shape index (κ2) is 4.93. The molecule has 2 aromatic heterocycles. The molecular formula is C13H8BrN3O3. The molecule has 2 heterocycles. The number of para-hydroxylation sites is 1. The Morgan fingerprint density at radius 2 is 2.05 bits per heavy atom. The van der Waals surface area contributed by atoms with Crippen molar-refractivity contribution < 1.29 is 14.3 Å². The van der Waals surface area contributed by atoms with Gasteiger partial charge in [0.1, 0.15) is 5.69 Å². The minimum absolute atomic E-state index is 0.157. The molecule has 0 saturated carbocycles. The summed E-state index contributed by atoms with van der Waals surface area (Å²) >= 11 is 3.41. The highest BCUT2D eigenvalue weighted by Crippen LogP contribution is 2.28. The first-order chi connectivity index (χ1) is 9.68. The largest absolute Gasteiger partial charge is 0.476 e. The molecule has 3 aromatic rings. The molecule has 0 saturated heterocycles. The van der Waals surface area contributed by atoms with Gasteiger partial charge in [-0.15, -0.1) is 5.10 Å². The van der Waals surface area contributed by atoms with Crippen LogP contribution in [0.2, 0.25) is 0 Å². The van der Waals surface area contributed by atoms with E-state index in [0.29, 0.717) is 17.1 Å². The van der Waals surface area contributed by atoms with E-state index >= 15 is 0 Å². The van der Waals surface area contributed by atoms with E-state index in [2.05, 4.69) is 26.2 Å². The zero-order valence-corrected chi connectivity index (χ0v) is 11.6. The quantitative estimate of drug-likeness (QED) is 0.796. The fraction of sp³-hybridized carbons (Fsp3) is 0. The second-order valence-electron chi connectivity index (χ2n) is 3.93. The van der Waals surface area contributed by atoms with E-state index in [-0.39, 0.29) is 5.69 Å². The number of aromatic nitrogens is 3. The van der Waals surface area contributed by atoms with Crippen LogP contribution in [0.4, 0.5) is 0 Å². The Hall–Kier alpha value is -2.41. The van der Waals surface area contributed by atoms with Crippen LogP contribution in [0, 0.1) is 0 Å². The lowest BCUT2D eigenvalue weighted by Crippen LogP contribution is -2.03. The van der Waals surface area contributed by atoms with Gasteiger partial charge in [-0.05, 0) is 40.2 Å². The van der Waals surface area contributed by atoms with E-state index in [1.165, 1.54) is 10.9 Å². The first kappa shape index (κ1) is 12.6. The number of carboxylic acids is 1. The Kier molecular flexibility index (Phi) is 3.11. The van der Waals surface area contributed by atoms with Crippen LogP contribution >= 0.6 is 15.9 Å². The average Bonchev–Trinajstić information content (AvgIpc) is 3.07. The first-order valence-electron chi connectivity index (χ1n) is 5.66. The third-order valence-corrected chi connectivity index (χ3v) is 3.38. The highest BCUT2D eigenvalue weighted by atomic mass is 79.9. The van der Waals surface area contributed by atoms with Crippen molar-refractivity contribution in [3.05, 3.63) is 52.8 Å². The van der Waals surface area contributed by atoms with Gasteiger partial charge in [0.2, 0.25) is 5.69 Å². The molecule has 0 aliphatic rings. The summed E-state index contributed by atoms with van der Waals surface area (Å²) in [6.07, 6.45) is 1.47. The molecule has 1 N–H and O–H groups in total. The monoisotopic (exact) mass is 333 g/mol. The number of aromatic carboxylic acids is 1. The van der Waals surface area contributed by atoms with E-state index in [4.69, 9.17) is 4.42 Å². The molecule has 100 valence electrons. The van der Waals surface area contributed by atoms with Crippen LogP contribution in [0.15, 0.2) is 51.6 Å². The van der Waals surface area contributed by atoms with Crippen LogP contribution in [-0.4, -0.2) is 26.1 Å². The average molecular weight is 334 g/mol. The summed E-state index contributed by atoms with van der Waals surface area (Å²) in [5, 5.41) is 16.9. The highest BCUT2D eigenvalue weighted by molar-refractivity contribution is 9.10. The van der Waals surface area contributed by atoms with Gasteiger partial charge in [-0.1, -0.05) is 17.3 Å². The Morgan fingerprint density at radius 3 is 2.70 bits per heavy atom. The molecule has 3 rings (SSSR count). The molecule has 0 amide bonds. The summed E-state index contributed by atoms with van der Waals surface area (Å²) < 4.78 is 7.50. The minimum Gasteiger partial charge on any atom is -0.476 e. The lowest BCUT2D eigenvalue weighted by molar-refractivity contribution is 0.0691. The molecule has 0 aliphatic heterocycles. The van der Waals surface area contributed by atoms with E-state index < -0.39 is 5.97 Å². The van der Waals surface area contributed by atoms with Crippen LogP contribution in [0.5, 0.6) is 0 Å². The fourth-order valence-corrected chi connectivity index (χ4v) is 2.31. The van der Waals surface area contributed by atoms with Gasteiger partial charge in [0.15, 0.2) is 5.76 Å². The van der Waals surface area contributed by atoms with Gasteiger partial charge in [-0.2, -0.15) is 0 Å². The number of furan rings is 1. The normalized spacial score (nSPS) is 10.7. The maximum absolute atomic E-state index is 11.3. The van der Waals surface area contributed by atoms with Crippen LogP contribution in [-0.2, 0) is 0 Å². The van der Waals surface area contributed by atoms with E-state index in [1.807, 2.05) is 18.2 Å². The Labute approximate surface area is 121 Å². The Balaban J connectivity index is 2.28. The molecule has 20 heavy (non-hydrogen) atoms. The zero-order chi connectivity index (χ0) is 14.1. The topological polar surface area (TPSA) is 81.1 Å². The Morgan fingerprint density at radius 1 is 1.25 bits per heavy atom. The number of rotatable bonds is 3. The van der Waals surface area contributed by atoms with Crippen LogP contribution in [0.25, 0.3) is 17.1 Å². The van der Waals surface area contributed by atoms with Gasteiger partial charge < -0.3 is 9.52 Å². The highest BCUT2D eigenvalue weighted by Gasteiger charge is 2.24. The van der Waals surface area contributed by atoms with Crippen molar-refractivity contribution in [3.63, 3.8) is 0 Å². The summed E-state index contributed by atoms with van der Waals surface area (Å²) in [5.41, 5.74) is 0.823. The van der Waals surface area contributed by atoms with Gasteiger partial charge in [-0.25, -0.2) is 9.48 Å². The minimum atomic E-state index is -1.16. The molecule has 6 nitrogen and oxygen atoms in total. The SMILES string of the molecule is O=C(O)c1nnn(-c2ccccc2Br)c1-c1ccco1. The van der Waals surface area contributed by atoms with Gasteiger partial charge in [0.25, 0.3) is 0 Å². The smallest absolute Gasteiger partial charge is 0.358 e. The van der Waals surface area contributed by atoms with Crippen molar-refractivity contribution in [2.45, 2.75) is 0 Å². The molecule has 7 heteroatoms.